The second-order valence-electron chi connectivity index (χ2n) is 7.77. The number of ether oxygens (including phenoxy) is 2. The fourth-order valence-corrected chi connectivity index (χ4v) is 4.16. The van der Waals surface area contributed by atoms with Crippen LogP contribution in [-0.2, 0) is 4.79 Å². The Morgan fingerprint density at radius 2 is 1.84 bits per heavy atom. The van der Waals surface area contributed by atoms with Crippen LogP contribution in [0.5, 0.6) is 11.5 Å². The molecule has 1 aliphatic heterocycles. The highest BCUT2D eigenvalue weighted by molar-refractivity contribution is 8.00. The van der Waals surface area contributed by atoms with Gasteiger partial charge in [-0.25, -0.2) is 0 Å². The van der Waals surface area contributed by atoms with Crippen molar-refractivity contribution in [1.82, 2.24) is 14.8 Å². The Kier molecular flexibility index (Phi) is 6.59. The lowest BCUT2D eigenvalue weighted by Gasteiger charge is -2.19. The zero-order valence-corrected chi connectivity index (χ0v) is 19.8. The molecule has 2 heterocycles. The van der Waals surface area contributed by atoms with Crippen molar-refractivity contribution in [3.63, 3.8) is 0 Å². The van der Waals surface area contributed by atoms with Crippen molar-refractivity contribution in [2.45, 2.75) is 30.3 Å². The molecule has 32 heavy (non-hydrogen) atoms. The van der Waals surface area contributed by atoms with E-state index in [4.69, 9.17) is 21.1 Å². The van der Waals surface area contributed by atoms with Crippen molar-refractivity contribution in [3.8, 4) is 17.2 Å². The summed E-state index contributed by atoms with van der Waals surface area (Å²) < 4.78 is 12.7. The summed E-state index contributed by atoms with van der Waals surface area (Å²) in [4.78, 5) is 14.1. The number of fused-ring (bicyclic) bond motifs is 1. The Labute approximate surface area is 195 Å². The van der Waals surface area contributed by atoms with Crippen molar-refractivity contribution >= 4 is 35.0 Å². The smallest absolute Gasteiger partial charge is 0.237 e. The highest BCUT2D eigenvalue weighted by Crippen LogP contribution is 2.35. The molecule has 0 spiro atoms. The third-order valence-electron chi connectivity index (χ3n) is 5.29. The van der Waals surface area contributed by atoms with Gasteiger partial charge in [0, 0.05) is 22.5 Å². The molecule has 3 aromatic rings. The summed E-state index contributed by atoms with van der Waals surface area (Å²) in [7, 11) is 4.14. The van der Waals surface area contributed by atoms with Crippen LogP contribution in [0.1, 0.15) is 25.7 Å². The number of hydrogen-bond donors (Lipinski definition) is 2. The molecule has 2 N–H and O–H groups in total. The molecular weight excluding hydrogens is 450 g/mol. The van der Waals surface area contributed by atoms with Gasteiger partial charge in [0.1, 0.15) is 6.04 Å². The number of amides is 1. The minimum Gasteiger partial charge on any atom is -0.454 e. The lowest BCUT2D eigenvalue weighted by molar-refractivity contribution is -0.890. The van der Waals surface area contributed by atoms with E-state index in [0.717, 1.165) is 11.5 Å². The molecule has 1 aromatic heterocycles. The van der Waals surface area contributed by atoms with E-state index in [1.807, 2.05) is 35.8 Å². The number of aromatic nitrogens is 3. The average molecular weight is 475 g/mol. The summed E-state index contributed by atoms with van der Waals surface area (Å²) in [5.74, 6) is 1.96. The molecule has 0 unspecified atom stereocenters. The first-order chi connectivity index (χ1) is 15.3. The number of rotatable bonds is 7. The van der Waals surface area contributed by atoms with E-state index in [2.05, 4.69) is 36.5 Å². The number of anilines is 1. The molecule has 2 atom stereocenters. The molecule has 0 fully saturated rings. The molecule has 1 aliphatic rings. The molecule has 4 rings (SSSR count). The summed E-state index contributed by atoms with van der Waals surface area (Å²) in [5.41, 5.74) is 1.55. The number of thioether (sulfide) groups is 1. The standard InChI is InChI=1S/C22H24ClN5O3S/c1-13(27(3)4)20-25-26-22(28(20)17-8-5-15(23)6-9-17)32-14(2)21(29)24-16-7-10-18-19(11-16)31-12-30-18/h5-11,13-14H,12H2,1-4H3,(H,24,29)/p+1/t13-,14-/m0/s1. The number of nitrogens with one attached hydrogen (secondary N) is 2. The monoisotopic (exact) mass is 474 g/mol. The lowest BCUT2D eigenvalue weighted by atomic mass is 10.2. The topological polar surface area (TPSA) is 82.7 Å². The van der Waals surface area contributed by atoms with Crippen LogP contribution in [0.2, 0.25) is 5.02 Å². The van der Waals surface area contributed by atoms with E-state index in [1.54, 1.807) is 18.2 Å². The number of benzene rings is 2. The normalized spacial score (nSPS) is 14.4. The average Bonchev–Trinajstić information content (AvgIpc) is 3.40. The van der Waals surface area contributed by atoms with E-state index in [1.165, 1.54) is 16.7 Å². The van der Waals surface area contributed by atoms with Crippen LogP contribution in [0.15, 0.2) is 47.6 Å². The van der Waals surface area contributed by atoms with Crippen molar-refractivity contribution in [1.29, 1.82) is 0 Å². The third kappa shape index (κ3) is 4.69. The minimum atomic E-state index is -0.412. The van der Waals surface area contributed by atoms with Crippen molar-refractivity contribution in [3.05, 3.63) is 53.3 Å². The Morgan fingerprint density at radius 1 is 1.12 bits per heavy atom. The summed E-state index contributed by atoms with van der Waals surface area (Å²) >= 11 is 7.44. The fourth-order valence-electron chi connectivity index (χ4n) is 3.16. The predicted molar refractivity (Wildman–Crippen MR) is 124 cm³/mol. The zero-order chi connectivity index (χ0) is 22.8. The van der Waals surface area contributed by atoms with Crippen LogP contribution < -0.4 is 19.7 Å². The van der Waals surface area contributed by atoms with Gasteiger partial charge < -0.3 is 19.7 Å². The van der Waals surface area contributed by atoms with Crippen LogP contribution in [0.4, 0.5) is 5.69 Å². The van der Waals surface area contributed by atoms with E-state index < -0.39 is 5.25 Å². The quantitative estimate of drug-likeness (QED) is 0.512. The Balaban J connectivity index is 1.56. The maximum atomic E-state index is 12.9. The van der Waals surface area contributed by atoms with Gasteiger partial charge in [0.2, 0.25) is 12.7 Å². The predicted octanol–water partition coefficient (Wildman–Crippen LogP) is 2.97. The maximum Gasteiger partial charge on any atom is 0.237 e. The molecule has 10 heteroatoms. The van der Waals surface area contributed by atoms with Crippen molar-refractivity contribution in [2.75, 3.05) is 26.2 Å². The van der Waals surface area contributed by atoms with Crippen LogP contribution in [0.25, 0.3) is 5.69 Å². The van der Waals surface area contributed by atoms with E-state index >= 15 is 0 Å². The maximum absolute atomic E-state index is 12.9. The first-order valence-electron chi connectivity index (χ1n) is 10.2. The lowest BCUT2D eigenvalue weighted by Crippen LogP contribution is -3.05. The van der Waals surface area contributed by atoms with Crippen LogP contribution in [0.3, 0.4) is 0 Å². The van der Waals surface area contributed by atoms with Gasteiger partial charge in [0.05, 0.1) is 19.3 Å². The summed E-state index contributed by atoms with van der Waals surface area (Å²) in [5, 5.41) is 12.7. The summed E-state index contributed by atoms with van der Waals surface area (Å²) in [6.07, 6.45) is 0. The van der Waals surface area contributed by atoms with E-state index in [9.17, 15) is 4.79 Å². The highest BCUT2D eigenvalue weighted by Gasteiger charge is 2.26. The molecule has 1 amide bonds. The molecule has 168 valence electrons. The number of nitrogens with zero attached hydrogens (tertiary/aromatic N) is 3. The van der Waals surface area contributed by atoms with Crippen molar-refractivity contribution < 1.29 is 19.2 Å². The number of carbonyl (C=O) groups is 1. The number of hydrogen-bond acceptors (Lipinski definition) is 6. The molecule has 2 aromatic carbocycles. The third-order valence-corrected chi connectivity index (χ3v) is 6.58. The molecule has 0 aliphatic carbocycles. The highest BCUT2D eigenvalue weighted by atomic mass is 35.5. The van der Waals surface area contributed by atoms with Gasteiger partial charge >= 0.3 is 0 Å². The Hall–Kier alpha value is -2.75. The van der Waals surface area contributed by atoms with Gasteiger partial charge in [-0.05, 0) is 50.2 Å². The zero-order valence-electron chi connectivity index (χ0n) is 18.3. The molecule has 0 radical (unpaired) electrons. The second-order valence-corrected chi connectivity index (χ2v) is 9.51. The Morgan fingerprint density at radius 3 is 2.56 bits per heavy atom. The van der Waals surface area contributed by atoms with E-state index in [-0.39, 0.29) is 18.7 Å². The molecule has 0 saturated carbocycles. The number of quaternary nitrogens is 1. The largest absolute Gasteiger partial charge is 0.454 e. The van der Waals surface area contributed by atoms with Gasteiger partial charge in [-0.15, -0.1) is 10.2 Å². The van der Waals surface area contributed by atoms with E-state index in [0.29, 0.717) is 27.4 Å². The van der Waals surface area contributed by atoms with Crippen LogP contribution in [0, 0.1) is 0 Å². The Bertz CT molecular complexity index is 1120. The van der Waals surface area contributed by atoms with Gasteiger partial charge in [-0.1, -0.05) is 23.4 Å². The number of halogens is 1. The first-order valence-corrected chi connectivity index (χ1v) is 11.5. The molecule has 8 nitrogen and oxygen atoms in total. The molecule has 0 bridgehead atoms. The van der Waals surface area contributed by atoms with Crippen molar-refractivity contribution in [2.24, 2.45) is 0 Å². The van der Waals surface area contributed by atoms with Gasteiger partial charge in [0.25, 0.3) is 0 Å². The summed E-state index contributed by atoms with van der Waals surface area (Å²) in [6, 6.07) is 12.9. The van der Waals surface area contributed by atoms with Gasteiger partial charge in [-0.2, -0.15) is 0 Å². The molecule has 0 saturated heterocycles. The van der Waals surface area contributed by atoms with Gasteiger partial charge in [0.15, 0.2) is 22.5 Å². The molecular formula is C22H25ClN5O3S+. The first kappa shape index (κ1) is 22.4. The van der Waals surface area contributed by atoms with Crippen LogP contribution in [-0.4, -0.2) is 46.8 Å². The number of carbonyl (C=O) groups excluding carboxylic acids is 1. The van der Waals surface area contributed by atoms with Crippen LogP contribution >= 0.6 is 23.4 Å². The van der Waals surface area contributed by atoms with Gasteiger partial charge in [-0.3, -0.25) is 9.36 Å². The summed E-state index contributed by atoms with van der Waals surface area (Å²) in [6.45, 7) is 4.12. The fraction of sp³-hybridized carbons (Fsp3) is 0.318. The second kappa shape index (κ2) is 9.40. The minimum absolute atomic E-state index is 0.102. The SMILES string of the molecule is C[C@H](Sc1nnc([C@H](C)[NH+](C)C)n1-c1ccc(Cl)cc1)C(=O)Nc1ccc2c(c1)OCO2.